The molecule has 3 unspecified atom stereocenters. The molecule has 1 aliphatic carbocycles. The predicted molar refractivity (Wildman–Crippen MR) is 66.8 cm³/mol. The molecule has 17 heavy (non-hydrogen) atoms. The van der Waals surface area contributed by atoms with Crippen LogP contribution in [0.5, 0.6) is 0 Å². The quantitative estimate of drug-likeness (QED) is 0.663. The van der Waals surface area contributed by atoms with Crippen LogP contribution in [0.25, 0.3) is 0 Å². The summed E-state index contributed by atoms with van der Waals surface area (Å²) in [6.45, 7) is 4.60. The molecule has 94 valence electrons. The molecule has 0 spiro atoms. The van der Waals surface area contributed by atoms with Crippen LogP contribution in [-0.2, 0) is 4.79 Å². The molecule has 1 fully saturated rings. The summed E-state index contributed by atoms with van der Waals surface area (Å²) in [5, 5.41) is 16.2. The van der Waals surface area contributed by atoms with Crippen molar-refractivity contribution < 1.29 is 9.90 Å². The molecule has 0 saturated carbocycles. The smallest absolute Gasteiger partial charge is 0.313 e. The molecule has 0 bridgehead atoms. The molecule has 2 rings (SSSR count). The van der Waals surface area contributed by atoms with Gasteiger partial charge in [0.05, 0.1) is 5.41 Å². The molecule has 0 aromatic carbocycles. The van der Waals surface area contributed by atoms with Gasteiger partial charge in [0.1, 0.15) is 0 Å². The second-order valence-electron chi connectivity index (χ2n) is 4.96. The molecule has 4 nitrogen and oxygen atoms in total. The van der Waals surface area contributed by atoms with Crippen molar-refractivity contribution in [1.82, 2.24) is 10.6 Å². The van der Waals surface area contributed by atoms with E-state index >= 15 is 0 Å². The van der Waals surface area contributed by atoms with E-state index in [1.807, 2.05) is 18.2 Å². The number of allylic oxidation sites excluding steroid dienone is 2. The van der Waals surface area contributed by atoms with E-state index in [-0.39, 0.29) is 12.0 Å². The molecule has 4 heteroatoms. The Balaban J connectivity index is 2.19. The van der Waals surface area contributed by atoms with Crippen molar-refractivity contribution in [2.75, 3.05) is 19.6 Å². The Kier molecular flexibility index (Phi) is 3.64. The molecule has 0 aromatic rings. The van der Waals surface area contributed by atoms with E-state index in [9.17, 15) is 9.90 Å². The molecule has 2 aliphatic rings. The van der Waals surface area contributed by atoms with Crippen LogP contribution in [0.15, 0.2) is 24.3 Å². The van der Waals surface area contributed by atoms with E-state index in [0.717, 1.165) is 26.1 Å². The Hall–Kier alpha value is -1.13. The number of hydrogen-bond donors (Lipinski definition) is 3. The van der Waals surface area contributed by atoms with Crippen LogP contribution in [0.1, 0.15) is 13.3 Å². The highest BCUT2D eigenvalue weighted by Crippen LogP contribution is 2.36. The molecule has 0 amide bonds. The fourth-order valence-electron chi connectivity index (χ4n) is 2.65. The highest BCUT2D eigenvalue weighted by atomic mass is 16.4. The van der Waals surface area contributed by atoms with Gasteiger partial charge in [0, 0.05) is 25.0 Å². The third-order valence-corrected chi connectivity index (χ3v) is 3.80. The Morgan fingerprint density at radius 3 is 2.94 bits per heavy atom. The van der Waals surface area contributed by atoms with Crippen molar-refractivity contribution in [2.45, 2.75) is 19.4 Å². The van der Waals surface area contributed by atoms with Gasteiger partial charge in [0.25, 0.3) is 0 Å². The fraction of sp³-hybridized carbons (Fsp3) is 0.615. The third-order valence-electron chi connectivity index (χ3n) is 3.80. The number of carbonyl (C=O) groups is 1. The van der Waals surface area contributed by atoms with Crippen molar-refractivity contribution in [3.05, 3.63) is 24.3 Å². The van der Waals surface area contributed by atoms with Crippen molar-refractivity contribution in [1.29, 1.82) is 0 Å². The largest absolute Gasteiger partial charge is 0.481 e. The van der Waals surface area contributed by atoms with Crippen LogP contribution in [0.3, 0.4) is 0 Å². The Labute approximate surface area is 102 Å². The first kappa shape index (κ1) is 12.3. The number of rotatable bonds is 2. The zero-order valence-corrected chi connectivity index (χ0v) is 10.1. The van der Waals surface area contributed by atoms with E-state index in [0.29, 0.717) is 0 Å². The normalized spacial score (nSPS) is 37.7. The molecule has 1 heterocycles. The van der Waals surface area contributed by atoms with E-state index in [2.05, 4.69) is 10.6 Å². The van der Waals surface area contributed by atoms with Gasteiger partial charge >= 0.3 is 5.97 Å². The van der Waals surface area contributed by atoms with E-state index in [1.54, 1.807) is 13.0 Å². The molecule has 0 radical (unpaired) electrons. The lowest BCUT2D eigenvalue weighted by Crippen LogP contribution is -2.47. The summed E-state index contributed by atoms with van der Waals surface area (Å²) < 4.78 is 0. The molecular weight excluding hydrogens is 216 g/mol. The Bertz CT molecular complexity index is 343. The maximum atomic E-state index is 11.5. The molecule has 0 aromatic heterocycles. The maximum Gasteiger partial charge on any atom is 0.313 e. The van der Waals surface area contributed by atoms with Gasteiger partial charge in [-0.05, 0) is 19.9 Å². The molecule has 3 atom stereocenters. The van der Waals surface area contributed by atoms with E-state index in [1.165, 1.54) is 0 Å². The van der Waals surface area contributed by atoms with Crippen molar-refractivity contribution in [2.24, 2.45) is 11.3 Å². The van der Waals surface area contributed by atoms with Crippen LogP contribution in [0.4, 0.5) is 0 Å². The second kappa shape index (κ2) is 5.02. The summed E-state index contributed by atoms with van der Waals surface area (Å²) in [6, 6.07) is 0.229. The first-order valence-electron chi connectivity index (χ1n) is 6.18. The van der Waals surface area contributed by atoms with Gasteiger partial charge in [-0.2, -0.15) is 0 Å². The average molecular weight is 236 g/mol. The number of nitrogens with one attached hydrogen (secondary N) is 2. The molecular formula is C13H20N2O2. The first-order valence-corrected chi connectivity index (χ1v) is 6.18. The first-order chi connectivity index (χ1) is 8.14. The summed E-state index contributed by atoms with van der Waals surface area (Å²) in [5.74, 6) is -0.730. The van der Waals surface area contributed by atoms with E-state index in [4.69, 9.17) is 0 Å². The standard InChI is InChI=1S/C13H20N2O2/c1-13(12(16)17)6-3-2-4-10(13)11-5-7-14-8-9-15-11/h2-4,6,10-11,14-15H,5,7-9H2,1H3,(H,16,17). The number of hydrogen-bond acceptors (Lipinski definition) is 3. The zero-order valence-electron chi connectivity index (χ0n) is 10.1. The van der Waals surface area contributed by atoms with Gasteiger partial charge in [-0.3, -0.25) is 4.79 Å². The maximum absolute atomic E-state index is 11.5. The Morgan fingerprint density at radius 2 is 2.18 bits per heavy atom. The summed E-state index contributed by atoms with van der Waals surface area (Å²) in [7, 11) is 0. The van der Waals surface area contributed by atoms with Crippen LogP contribution < -0.4 is 10.6 Å². The zero-order chi connectivity index (χ0) is 12.3. The number of carboxylic acid groups (broad SMARTS) is 1. The van der Waals surface area contributed by atoms with Gasteiger partial charge in [-0.25, -0.2) is 0 Å². The lowest BCUT2D eigenvalue weighted by molar-refractivity contribution is -0.147. The van der Waals surface area contributed by atoms with Crippen LogP contribution >= 0.6 is 0 Å². The lowest BCUT2D eigenvalue weighted by atomic mass is 9.70. The summed E-state index contributed by atoms with van der Waals surface area (Å²) in [4.78, 5) is 11.5. The van der Waals surface area contributed by atoms with Gasteiger partial charge in [0.15, 0.2) is 0 Å². The van der Waals surface area contributed by atoms with Gasteiger partial charge in [-0.15, -0.1) is 0 Å². The van der Waals surface area contributed by atoms with Crippen LogP contribution in [0, 0.1) is 11.3 Å². The average Bonchev–Trinajstić information content (AvgIpc) is 2.58. The Morgan fingerprint density at radius 1 is 1.35 bits per heavy atom. The third kappa shape index (κ3) is 2.42. The number of aliphatic carboxylic acids is 1. The van der Waals surface area contributed by atoms with Gasteiger partial charge in [-0.1, -0.05) is 24.3 Å². The topological polar surface area (TPSA) is 61.4 Å². The number of carboxylic acids is 1. The monoisotopic (exact) mass is 236 g/mol. The summed E-state index contributed by atoms with van der Waals surface area (Å²) in [5.41, 5.74) is -0.795. The minimum atomic E-state index is -0.795. The molecule has 1 saturated heterocycles. The predicted octanol–water partition coefficient (Wildman–Crippen LogP) is 0.771. The van der Waals surface area contributed by atoms with Crippen molar-refractivity contribution in [3.8, 4) is 0 Å². The van der Waals surface area contributed by atoms with E-state index < -0.39 is 11.4 Å². The van der Waals surface area contributed by atoms with Gasteiger partial charge < -0.3 is 15.7 Å². The highest BCUT2D eigenvalue weighted by Gasteiger charge is 2.42. The summed E-state index contributed by atoms with van der Waals surface area (Å²) >= 11 is 0. The van der Waals surface area contributed by atoms with Gasteiger partial charge in [0.2, 0.25) is 0 Å². The minimum absolute atomic E-state index is 0.0184. The SMILES string of the molecule is CC1(C(=O)O)C=CC=CC1C1CCNCCN1. The molecule has 3 N–H and O–H groups in total. The van der Waals surface area contributed by atoms with Crippen molar-refractivity contribution >= 4 is 5.97 Å². The second-order valence-corrected chi connectivity index (χ2v) is 4.96. The van der Waals surface area contributed by atoms with Crippen LogP contribution in [-0.4, -0.2) is 36.8 Å². The fourth-order valence-corrected chi connectivity index (χ4v) is 2.65. The lowest BCUT2D eigenvalue weighted by Gasteiger charge is -2.36. The molecule has 1 aliphatic heterocycles. The van der Waals surface area contributed by atoms with Crippen molar-refractivity contribution in [3.63, 3.8) is 0 Å². The minimum Gasteiger partial charge on any atom is -0.481 e. The highest BCUT2D eigenvalue weighted by molar-refractivity contribution is 5.78. The summed E-state index contributed by atoms with van der Waals surface area (Å²) in [6.07, 6.45) is 8.58. The van der Waals surface area contributed by atoms with Crippen LogP contribution in [0.2, 0.25) is 0 Å².